The first kappa shape index (κ1) is 23.5. The summed E-state index contributed by atoms with van der Waals surface area (Å²) in [5, 5.41) is 0. The molecule has 0 N–H and O–H groups in total. The summed E-state index contributed by atoms with van der Waals surface area (Å²) in [6.45, 7) is 4.11. The molecule has 32 heavy (non-hydrogen) atoms. The van der Waals surface area contributed by atoms with Crippen molar-refractivity contribution in [3.05, 3.63) is 29.8 Å². The Balaban J connectivity index is 1.37. The predicted molar refractivity (Wildman–Crippen MR) is 113 cm³/mol. The van der Waals surface area contributed by atoms with Crippen LogP contribution in [0.1, 0.15) is 44.1 Å². The van der Waals surface area contributed by atoms with Crippen molar-refractivity contribution in [2.45, 2.75) is 55.6 Å². The van der Waals surface area contributed by atoms with Crippen LogP contribution in [0, 0.1) is 5.92 Å². The van der Waals surface area contributed by atoms with Crippen molar-refractivity contribution >= 4 is 15.9 Å². The number of amides is 1. The van der Waals surface area contributed by atoms with Crippen molar-refractivity contribution in [1.82, 2.24) is 14.1 Å². The van der Waals surface area contributed by atoms with Gasteiger partial charge in [-0.2, -0.15) is 17.5 Å². The van der Waals surface area contributed by atoms with Crippen LogP contribution >= 0.6 is 0 Å². The van der Waals surface area contributed by atoms with Crippen molar-refractivity contribution in [2.75, 3.05) is 39.3 Å². The van der Waals surface area contributed by atoms with Crippen LogP contribution in [0.4, 0.5) is 13.2 Å². The molecule has 3 heterocycles. The average molecular weight is 474 g/mol. The summed E-state index contributed by atoms with van der Waals surface area (Å²) in [6.07, 6.45) is 0.594. The van der Waals surface area contributed by atoms with Crippen LogP contribution in [-0.2, 0) is 21.0 Å². The molecule has 0 aliphatic carbocycles. The molecule has 3 aliphatic rings. The summed E-state index contributed by atoms with van der Waals surface area (Å²) in [7, 11) is -4.04. The van der Waals surface area contributed by atoms with E-state index in [1.807, 2.05) is 4.90 Å². The quantitative estimate of drug-likeness (QED) is 0.659. The molecule has 10 heteroatoms. The third kappa shape index (κ3) is 4.97. The van der Waals surface area contributed by atoms with E-state index in [-0.39, 0.29) is 35.9 Å². The van der Waals surface area contributed by atoms with Crippen LogP contribution < -0.4 is 0 Å². The maximum atomic E-state index is 13.2. The molecule has 0 aromatic heterocycles. The van der Waals surface area contributed by atoms with Gasteiger partial charge in [-0.25, -0.2) is 8.42 Å². The summed E-state index contributed by atoms with van der Waals surface area (Å²) < 4.78 is 66.0. The second-order valence-electron chi connectivity index (χ2n) is 9.04. The predicted octanol–water partition coefficient (Wildman–Crippen LogP) is 3.19. The number of hydrogen-bond donors (Lipinski definition) is 0. The average Bonchev–Trinajstić information content (AvgIpc) is 3.45. The van der Waals surface area contributed by atoms with Gasteiger partial charge in [0.15, 0.2) is 0 Å². The van der Waals surface area contributed by atoms with E-state index in [2.05, 4.69) is 4.90 Å². The van der Waals surface area contributed by atoms with Crippen LogP contribution in [0.2, 0.25) is 0 Å². The van der Waals surface area contributed by atoms with Gasteiger partial charge in [-0.15, -0.1) is 0 Å². The van der Waals surface area contributed by atoms with Gasteiger partial charge in [-0.3, -0.25) is 4.79 Å². The van der Waals surface area contributed by atoms with Crippen molar-refractivity contribution in [3.63, 3.8) is 0 Å². The third-order valence-corrected chi connectivity index (χ3v) is 8.82. The van der Waals surface area contributed by atoms with Crippen molar-refractivity contribution in [2.24, 2.45) is 5.92 Å². The summed E-state index contributed by atoms with van der Waals surface area (Å²) in [5.74, 6) is -0.134. The van der Waals surface area contributed by atoms with Gasteiger partial charge in [0, 0.05) is 38.1 Å². The zero-order chi connectivity index (χ0) is 22.9. The van der Waals surface area contributed by atoms with E-state index in [0.717, 1.165) is 51.2 Å². The van der Waals surface area contributed by atoms with E-state index in [0.29, 0.717) is 18.9 Å². The number of benzene rings is 1. The number of hydrogen-bond acceptors (Lipinski definition) is 4. The van der Waals surface area contributed by atoms with Crippen LogP contribution in [0.25, 0.3) is 0 Å². The Morgan fingerprint density at radius 3 is 2.31 bits per heavy atom. The molecule has 0 saturated carbocycles. The highest BCUT2D eigenvalue weighted by Gasteiger charge is 2.38. The van der Waals surface area contributed by atoms with Gasteiger partial charge in [0.25, 0.3) is 0 Å². The van der Waals surface area contributed by atoms with Gasteiger partial charge in [-0.1, -0.05) is 6.07 Å². The van der Waals surface area contributed by atoms with E-state index >= 15 is 0 Å². The summed E-state index contributed by atoms with van der Waals surface area (Å²) in [5.41, 5.74) is -0.985. The van der Waals surface area contributed by atoms with Gasteiger partial charge in [0.05, 0.1) is 10.5 Å². The lowest BCUT2D eigenvalue weighted by atomic mass is 9.96. The molecule has 0 bridgehead atoms. The molecular weight excluding hydrogens is 443 g/mol. The monoisotopic (exact) mass is 473 g/mol. The molecule has 1 aromatic carbocycles. The summed E-state index contributed by atoms with van der Waals surface area (Å²) >= 11 is 0. The molecule has 1 atom stereocenters. The summed E-state index contributed by atoms with van der Waals surface area (Å²) in [6, 6.07) is 4.07. The van der Waals surface area contributed by atoms with E-state index in [9.17, 15) is 26.4 Å². The molecule has 178 valence electrons. The fraction of sp³-hybridized carbons (Fsp3) is 0.682. The number of nitrogens with zero attached hydrogens (tertiary/aromatic N) is 3. The first-order chi connectivity index (χ1) is 15.2. The maximum absolute atomic E-state index is 13.2. The number of carbonyl (C=O) groups is 1. The SMILES string of the molecule is O=C(C1CCN(S(=O)(=O)c2cccc(C(F)(F)F)c2)CC1)N1CCCC1CN1CCCC1. The number of piperidine rings is 1. The number of carbonyl (C=O) groups excluding carboxylic acids is 1. The molecule has 3 aliphatic heterocycles. The molecule has 0 radical (unpaired) electrons. The molecule has 1 aromatic rings. The molecule has 4 rings (SSSR count). The Morgan fingerprint density at radius 2 is 1.66 bits per heavy atom. The lowest BCUT2D eigenvalue weighted by Crippen LogP contribution is -2.48. The van der Waals surface area contributed by atoms with E-state index in [1.54, 1.807) is 0 Å². The smallest absolute Gasteiger partial charge is 0.338 e. The molecule has 3 fully saturated rings. The molecule has 0 spiro atoms. The van der Waals surface area contributed by atoms with E-state index in [4.69, 9.17) is 0 Å². The zero-order valence-electron chi connectivity index (χ0n) is 18.1. The van der Waals surface area contributed by atoms with Crippen LogP contribution in [-0.4, -0.2) is 73.7 Å². The lowest BCUT2D eigenvalue weighted by molar-refractivity contribution is -0.138. The van der Waals surface area contributed by atoms with Crippen LogP contribution in [0.5, 0.6) is 0 Å². The molecular formula is C22H30F3N3O3S. The van der Waals surface area contributed by atoms with Crippen molar-refractivity contribution in [1.29, 1.82) is 0 Å². The fourth-order valence-electron chi connectivity index (χ4n) is 5.14. The number of alkyl halides is 3. The van der Waals surface area contributed by atoms with Gasteiger partial charge >= 0.3 is 6.18 Å². The lowest BCUT2D eigenvalue weighted by Gasteiger charge is -2.35. The van der Waals surface area contributed by atoms with Gasteiger partial charge in [0.1, 0.15) is 0 Å². The Bertz CT molecular complexity index is 924. The minimum Gasteiger partial charge on any atom is -0.338 e. The first-order valence-corrected chi connectivity index (χ1v) is 12.8. The largest absolute Gasteiger partial charge is 0.416 e. The normalized spacial score (nSPS) is 24.3. The number of rotatable bonds is 5. The minimum absolute atomic E-state index is 0.0998. The van der Waals surface area contributed by atoms with Gasteiger partial charge < -0.3 is 9.80 Å². The Morgan fingerprint density at radius 1 is 0.969 bits per heavy atom. The molecule has 1 unspecified atom stereocenters. The second-order valence-corrected chi connectivity index (χ2v) is 11.0. The Labute approximate surface area is 187 Å². The first-order valence-electron chi connectivity index (χ1n) is 11.4. The Kier molecular flexibility index (Phi) is 6.84. The fourth-order valence-corrected chi connectivity index (χ4v) is 6.65. The van der Waals surface area contributed by atoms with E-state index in [1.165, 1.54) is 23.2 Å². The van der Waals surface area contributed by atoms with Gasteiger partial charge in [-0.05, 0) is 69.8 Å². The van der Waals surface area contributed by atoms with Crippen molar-refractivity contribution in [3.8, 4) is 0 Å². The van der Waals surface area contributed by atoms with Crippen LogP contribution in [0.15, 0.2) is 29.2 Å². The summed E-state index contributed by atoms with van der Waals surface area (Å²) in [4.78, 5) is 17.2. The third-order valence-electron chi connectivity index (χ3n) is 6.93. The maximum Gasteiger partial charge on any atom is 0.416 e. The van der Waals surface area contributed by atoms with Crippen molar-refractivity contribution < 1.29 is 26.4 Å². The minimum atomic E-state index is -4.60. The topological polar surface area (TPSA) is 60.9 Å². The number of halogens is 3. The van der Waals surface area contributed by atoms with Gasteiger partial charge in [0.2, 0.25) is 15.9 Å². The van der Waals surface area contributed by atoms with E-state index < -0.39 is 21.8 Å². The number of likely N-dealkylation sites (tertiary alicyclic amines) is 2. The number of sulfonamides is 1. The van der Waals surface area contributed by atoms with Crippen LogP contribution in [0.3, 0.4) is 0 Å². The molecule has 1 amide bonds. The highest BCUT2D eigenvalue weighted by Crippen LogP contribution is 2.33. The zero-order valence-corrected chi connectivity index (χ0v) is 18.9. The standard InChI is InChI=1S/C22H30F3N3O3S/c23-22(24,25)18-5-3-7-20(15-18)32(30,31)27-13-8-17(9-14-27)21(29)28-12-4-6-19(28)16-26-10-1-2-11-26/h3,5,7,15,17,19H,1-2,4,6,8-14,16H2. The second kappa shape index (κ2) is 9.30. The Hall–Kier alpha value is -1.65. The highest BCUT2D eigenvalue weighted by atomic mass is 32.2. The molecule has 3 saturated heterocycles. The molecule has 6 nitrogen and oxygen atoms in total. The highest BCUT2D eigenvalue weighted by molar-refractivity contribution is 7.89.